The molecule has 2 aromatic rings. The van der Waals surface area contributed by atoms with E-state index >= 15 is 0 Å². The standard InChI is InChI=1S/C19H19ClNO2/c1-21(2)12-17(19(22)11-20)16-10-15(8-9-18(16)21)23-13-14-6-4-3-5-7-14/h3-10,12H,11,13H2,1-2H3/q+1. The van der Waals surface area contributed by atoms with Gasteiger partial charge in [-0.3, -0.25) is 9.28 Å². The lowest BCUT2D eigenvalue weighted by atomic mass is 10.0. The van der Waals surface area contributed by atoms with Gasteiger partial charge in [0.15, 0.2) is 5.78 Å². The summed E-state index contributed by atoms with van der Waals surface area (Å²) in [7, 11) is 4.08. The lowest BCUT2D eigenvalue weighted by molar-refractivity contribution is -0.111. The van der Waals surface area contributed by atoms with E-state index in [1.54, 1.807) is 0 Å². The van der Waals surface area contributed by atoms with Crippen LogP contribution in [0.2, 0.25) is 0 Å². The number of carbonyl (C=O) groups is 1. The monoisotopic (exact) mass is 328 g/mol. The van der Waals surface area contributed by atoms with Gasteiger partial charge in [0.05, 0.1) is 31.1 Å². The Morgan fingerprint density at radius 1 is 1.13 bits per heavy atom. The Hall–Kier alpha value is -2.10. The molecule has 118 valence electrons. The summed E-state index contributed by atoms with van der Waals surface area (Å²) < 4.78 is 6.40. The highest BCUT2D eigenvalue weighted by Crippen LogP contribution is 2.40. The lowest BCUT2D eigenvalue weighted by Gasteiger charge is -2.21. The predicted molar refractivity (Wildman–Crippen MR) is 94.6 cm³/mol. The molecule has 3 nitrogen and oxygen atoms in total. The van der Waals surface area contributed by atoms with Gasteiger partial charge in [-0.2, -0.15) is 0 Å². The van der Waals surface area contributed by atoms with E-state index in [2.05, 4.69) is 0 Å². The summed E-state index contributed by atoms with van der Waals surface area (Å²) in [5.74, 6) is 0.681. The van der Waals surface area contributed by atoms with Crippen LogP contribution in [0.5, 0.6) is 5.75 Å². The molecule has 0 radical (unpaired) electrons. The minimum atomic E-state index is -0.0585. The molecule has 0 aromatic heterocycles. The van der Waals surface area contributed by atoms with Gasteiger partial charge in [-0.15, -0.1) is 11.6 Å². The van der Waals surface area contributed by atoms with Gasteiger partial charge in [0.25, 0.3) is 0 Å². The number of fused-ring (bicyclic) bond motifs is 1. The molecule has 0 saturated carbocycles. The van der Waals surface area contributed by atoms with Crippen LogP contribution in [0.4, 0.5) is 5.69 Å². The van der Waals surface area contributed by atoms with Crippen LogP contribution >= 0.6 is 11.6 Å². The van der Waals surface area contributed by atoms with E-state index in [-0.39, 0.29) is 11.7 Å². The smallest absolute Gasteiger partial charge is 0.183 e. The number of carbonyl (C=O) groups excluding carboxylic acids is 1. The average molecular weight is 329 g/mol. The van der Waals surface area contributed by atoms with Crippen molar-refractivity contribution < 1.29 is 9.53 Å². The summed E-state index contributed by atoms with van der Waals surface area (Å²) in [5, 5.41) is 0. The van der Waals surface area contributed by atoms with Crippen LogP contribution in [-0.4, -0.2) is 25.8 Å². The molecule has 2 aromatic carbocycles. The topological polar surface area (TPSA) is 26.3 Å². The maximum absolute atomic E-state index is 12.1. The Kier molecular flexibility index (Phi) is 4.24. The number of nitrogens with zero attached hydrogens (tertiary/aromatic N) is 1. The largest absolute Gasteiger partial charge is 0.489 e. The molecule has 0 aliphatic carbocycles. The lowest BCUT2D eigenvalue weighted by Crippen LogP contribution is -2.31. The summed E-state index contributed by atoms with van der Waals surface area (Å²) in [5.41, 5.74) is 3.76. The maximum Gasteiger partial charge on any atom is 0.183 e. The Morgan fingerprint density at radius 3 is 2.57 bits per heavy atom. The Balaban J connectivity index is 1.87. The second kappa shape index (κ2) is 6.19. The number of Topliss-reactive ketones (excluding diaryl/α,β-unsaturated/α-hetero) is 1. The number of rotatable bonds is 5. The van der Waals surface area contributed by atoms with Crippen molar-refractivity contribution in [2.75, 3.05) is 20.0 Å². The van der Waals surface area contributed by atoms with E-state index in [1.165, 1.54) is 0 Å². The number of hydrogen-bond acceptors (Lipinski definition) is 2. The van der Waals surface area contributed by atoms with Gasteiger partial charge in [0.1, 0.15) is 24.2 Å². The number of quaternary nitrogens is 1. The first-order valence-corrected chi connectivity index (χ1v) is 8.02. The van der Waals surface area contributed by atoms with Crippen molar-refractivity contribution in [3.8, 4) is 5.75 Å². The fourth-order valence-corrected chi connectivity index (χ4v) is 2.96. The van der Waals surface area contributed by atoms with Crippen molar-refractivity contribution in [1.82, 2.24) is 4.48 Å². The summed E-state index contributed by atoms with van der Waals surface area (Å²) in [6, 6.07) is 15.9. The van der Waals surface area contributed by atoms with Gasteiger partial charge in [0.2, 0.25) is 0 Å². The number of halogens is 1. The molecule has 0 amide bonds. The molecule has 23 heavy (non-hydrogen) atoms. The fourth-order valence-electron chi connectivity index (χ4n) is 2.82. The quantitative estimate of drug-likeness (QED) is 0.612. The van der Waals surface area contributed by atoms with E-state index in [1.807, 2.05) is 68.8 Å². The van der Waals surface area contributed by atoms with Gasteiger partial charge in [-0.05, 0) is 17.7 Å². The first-order valence-electron chi connectivity index (χ1n) is 7.48. The van der Waals surface area contributed by atoms with Crippen molar-refractivity contribution >= 4 is 28.6 Å². The van der Waals surface area contributed by atoms with E-state index in [9.17, 15) is 4.79 Å². The average Bonchev–Trinajstić information content (AvgIpc) is 2.84. The molecule has 0 bridgehead atoms. The number of benzene rings is 2. The zero-order chi connectivity index (χ0) is 16.4. The third-order valence-corrected chi connectivity index (χ3v) is 4.24. The number of alkyl halides is 1. The van der Waals surface area contributed by atoms with Crippen molar-refractivity contribution in [2.45, 2.75) is 6.61 Å². The van der Waals surface area contributed by atoms with Crippen LogP contribution in [-0.2, 0) is 11.4 Å². The highest BCUT2D eigenvalue weighted by Gasteiger charge is 2.34. The number of allylic oxidation sites excluding steroid dienone is 1. The van der Waals surface area contributed by atoms with Gasteiger partial charge >= 0.3 is 0 Å². The van der Waals surface area contributed by atoms with Crippen LogP contribution in [0.3, 0.4) is 0 Å². The summed E-state index contributed by atoms with van der Waals surface area (Å²) >= 11 is 5.74. The number of ether oxygens (including phenoxy) is 1. The third kappa shape index (κ3) is 3.16. The Bertz CT molecular complexity index is 766. The van der Waals surface area contributed by atoms with Crippen molar-refractivity contribution in [2.24, 2.45) is 0 Å². The van der Waals surface area contributed by atoms with Crippen molar-refractivity contribution in [3.63, 3.8) is 0 Å². The van der Waals surface area contributed by atoms with Crippen LogP contribution < -0.4 is 9.22 Å². The summed E-state index contributed by atoms with van der Waals surface area (Å²) in [6.07, 6.45) is 1.94. The third-order valence-electron chi connectivity index (χ3n) is 4.00. The minimum absolute atomic E-state index is 0.0135. The molecule has 0 N–H and O–H groups in total. The van der Waals surface area contributed by atoms with Crippen molar-refractivity contribution in [3.05, 3.63) is 65.9 Å². The fraction of sp³-hybridized carbons (Fsp3) is 0.211. The SMILES string of the molecule is C[N+]1(C)C=C(C(=O)CCl)c2cc(OCc3ccccc3)ccc21. The molecule has 1 heterocycles. The van der Waals surface area contributed by atoms with Gasteiger partial charge in [-0.25, -0.2) is 0 Å². The Labute approximate surface area is 141 Å². The molecule has 1 aliphatic rings. The molecule has 4 heteroatoms. The number of ketones is 1. The first-order chi connectivity index (χ1) is 11.0. The van der Waals surface area contributed by atoms with Gasteiger partial charge in [0, 0.05) is 6.07 Å². The molecule has 0 atom stereocenters. The highest BCUT2D eigenvalue weighted by atomic mass is 35.5. The molecule has 0 unspecified atom stereocenters. The van der Waals surface area contributed by atoms with Crippen LogP contribution in [0, 0.1) is 0 Å². The van der Waals surface area contributed by atoms with Crippen LogP contribution in [0.15, 0.2) is 54.7 Å². The molecular weight excluding hydrogens is 310 g/mol. The van der Waals surface area contributed by atoms with Gasteiger partial charge < -0.3 is 4.74 Å². The molecule has 0 fully saturated rings. The normalized spacial score (nSPS) is 15.0. The predicted octanol–water partition coefficient (Wildman–Crippen LogP) is 3.99. The zero-order valence-electron chi connectivity index (χ0n) is 13.3. The molecular formula is C19H19ClNO2+. The van der Waals surface area contributed by atoms with E-state index < -0.39 is 0 Å². The second-order valence-corrected chi connectivity index (χ2v) is 6.36. The highest BCUT2D eigenvalue weighted by molar-refractivity contribution is 6.38. The van der Waals surface area contributed by atoms with Crippen LogP contribution in [0.25, 0.3) is 5.57 Å². The first kappa shape index (κ1) is 15.8. The zero-order valence-corrected chi connectivity index (χ0v) is 14.0. The summed E-state index contributed by atoms with van der Waals surface area (Å²) in [6.45, 7) is 0.500. The Morgan fingerprint density at radius 2 is 1.87 bits per heavy atom. The van der Waals surface area contributed by atoms with E-state index in [4.69, 9.17) is 16.3 Å². The number of hydrogen-bond donors (Lipinski definition) is 0. The second-order valence-electron chi connectivity index (χ2n) is 6.09. The molecule has 1 aliphatic heterocycles. The molecule has 3 rings (SSSR count). The molecule has 0 spiro atoms. The molecule has 0 saturated heterocycles. The van der Waals surface area contributed by atoms with Gasteiger partial charge in [-0.1, -0.05) is 30.3 Å². The van der Waals surface area contributed by atoms with Crippen LogP contribution in [0.1, 0.15) is 11.1 Å². The van der Waals surface area contributed by atoms with E-state index in [0.29, 0.717) is 16.7 Å². The minimum Gasteiger partial charge on any atom is -0.489 e. The summed E-state index contributed by atoms with van der Waals surface area (Å²) in [4.78, 5) is 12.1. The maximum atomic E-state index is 12.1. The van der Waals surface area contributed by atoms with E-state index in [0.717, 1.165) is 22.6 Å². The van der Waals surface area contributed by atoms with Crippen molar-refractivity contribution in [1.29, 1.82) is 0 Å².